The van der Waals surface area contributed by atoms with Gasteiger partial charge >= 0.3 is 0 Å². The lowest BCUT2D eigenvalue weighted by Crippen LogP contribution is -2.22. The van der Waals surface area contributed by atoms with E-state index < -0.39 is 0 Å². The summed E-state index contributed by atoms with van der Waals surface area (Å²) >= 11 is 0. The summed E-state index contributed by atoms with van der Waals surface area (Å²) in [6.45, 7) is 0.0139. The van der Waals surface area contributed by atoms with Crippen molar-refractivity contribution in [2.75, 3.05) is 20.8 Å². The monoisotopic (exact) mass is 248 g/mol. The highest BCUT2D eigenvalue weighted by Gasteiger charge is 2.01. The number of benzene rings is 1. The lowest BCUT2D eigenvalue weighted by molar-refractivity contribution is -0.123. The van der Waals surface area contributed by atoms with E-state index in [0.29, 0.717) is 0 Å². The third kappa shape index (κ3) is 4.80. The van der Waals surface area contributed by atoms with Crippen molar-refractivity contribution >= 4 is 17.7 Å². The Hall–Kier alpha value is -2.14. The first-order valence-electron chi connectivity index (χ1n) is 5.38. The first-order chi connectivity index (χ1) is 8.77. The summed E-state index contributed by atoms with van der Waals surface area (Å²) in [5, 5.41) is 6.31. The lowest BCUT2D eigenvalue weighted by Gasteiger charge is -2.03. The molecule has 0 fully saturated rings. The highest BCUT2D eigenvalue weighted by Crippen LogP contribution is 2.10. The maximum Gasteiger partial charge on any atom is 0.249 e. The van der Waals surface area contributed by atoms with Gasteiger partial charge in [0, 0.05) is 18.9 Å². The molecule has 0 saturated carbocycles. The van der Waals surface area contributed by atoms with E-state index in [2.05, 4.69) is 15.3 Å². The van der Waals surface area contributed by atoms with Crippen LogP contribution in [0.4, 0.5) is 0 Å². The summed E-state index contributed by atoms with van der Waals surface area (Å²) in [6.07, 6.45) is 3.10. The van der Waals surface area contributed by atoms with Crippen LogP contribution < -0.4 is 5.32 Å². The summed E-state index contributed by atoms with van der Waals surface area (Å²) in [4.78, 5) is 15.9. The van der Waals surface area contributed by atoms with Crippen LogP contribution in [0.3, 0.4) is 0 Å². The lowest BCUT2D eigenvalue weighted by atomic mass is 10.1. The Morgan fingerprint density at radius 3 is 2.67 bits per heavy atom. The third-order valence-electron chi connectivity index (χ3n) is 2.07. The molecular weight excluding hydrogens is 232 g/mol. The van der Waals surface area contributed by atoms with Gasteiger partial charge in [0.25, 0.3) is 0 Å². The molecule has 0 aromatic heterocycles. The smallest absolute Gasteiger partial charge is 0.249 e. The van der Waals surface area contributed by atoms with Crippen LogP contribution in [0.25, 0.3) is 5.57 Å². The van der Waals surface area contributed by atoms with E-state index in [1.54, 1.807) is 6.20 Å². The van der Waals surface area contributed by atoms with E-state index in [1.807, 2.05) is 30.3 Å². The molecule has 0 aliphatic rings. The summed E-state index contributed by atoms with van der Waals surface area (Å²) in [5.41, 5.74) is 1.66. The van der Waals surface area contributed by atoms with Gasteiger partial charge in [-0.3, -0.25) is 4.79 Å². The Morgan fingerprint density at radius 1 is 1.33 bits per heavy atom. The molecule has 0 bridgehead atoms. The number of nitrogens with zero attached hydrogens (tertiary/aromatic N) is 1. The SMILES string of the molecule is COCC(=O)N/C=C(/C=N\OC)c1ccccc1. The second kappa shape index (κ2) is 8.03. The number of hydrogen-bond acceptors (Lipinski definition) is 4. The Labute approximate surface area is 106 Å². The van der Waals surface area contributed by atoms with Crippen molar-refractivity contribution in [2.45, 2.75) is 0 Å². The second-order valence-electron chi connectivity index (χ2n) is 3.38. The van der Waals surface area contributed by atoms with Gasteiger partial charge in [-0.2, -0.15) is 0 Å². The van der Waals surface area contributed by atoms with Crippen LogP contribution in [-0.4, -0.2) is 32.9 Å². The Morgan fingerprint density at radius 2 is 2.06 bits per heavy atom. The number of ether oxygens (including phenoxy) is 1. The van der Waals surface area contributed by atoms with Crippen LogP contribution >= 0.6 is 0 Å². The van der Waals surface area contributed by atoms with E-state index in [9.17, 15) is 4.79 Å². The van der Waals surface area contributed by atoms with Crippen molar-refractivity contribution in [2.24, 2.45) is 5.16 Å². The molecule has 0 heterocycles. The molecule has 5 heteroatoms. The minimum Gasteiger partial charge on any atom is -0.399 e. The fourth-order valence-electron chi connectivity index (χ4n) is 1.27. The summed E-state index contributed by atoms with van der Waals surface area (Å²) in [5.74, 6) is -0.225. The summed E-state index contributed by atoms with van der Waals surface area (Å²) in [6, 6.07) is 9.55. The predicted molar refractivity (Wildman–Crippen MR) is 69.9 cm³/mol. The molecule has 1 rings (SSSR count). The zero-order valence-corrected chi connectivity index (χ0v) is 10.4. The number of rotatable bonds is 6. The van der Waals surface area contributed by atoms with Gasteiger partial charge in [-0.1, -0.05) is 35.5 Å². The molecule has 0 saturated heterocycles. The quantitative estimate of drug-likeness (QED) is 0.612. The number of methoxy groups -OCH3 is 1. The van der Waals surface area contributed by atoms with Gasteiger partial charge in [-0.25, -0.2) is 0 Å². The van der Waals surface area contributed by atoms with Gasteiger partial charge in [0.1, 0.15) is 13.7 Å². The van der Waals surface area contributed by atoms with E-state index >= 15 is 0 Å². The van der Waals surface area contributed by atoms with Gasteiger partial charge in [0.15, 0.2) is 0 Å². The van der Waals surface area contributed by atoms with Crippen LogP contribution in [0.15, 0.2) is 41.7 Å². The topological polar surface area (TPSA) is 59.9 Å². The molecule has 1 aromatic rings. The van der Waals surface area contributed by atoms with Crippen LogP contribution in [0.1, 0.15) is 5.56 Å². The van der Waals surface area contributed by atoms with E-state index in [1.165, 1.54) is 20.4 Å². The Bertz CT molecular complexity index is 427. The Kier molecular flexibility index (Phi) is 6.21. The van der Waals surface area contributed by atoms with Crippen LogP contribution in [0.2, 0.25) is 0 Å². The number of hydrogen-bond donors (Lipinski definition) is 1. The number of amides is 1. The molecule has 1 N–H and O–H groups in total. The van der Waals surface area contributed by atoms with Gasteiger partial charge in [-0.15, -0.1) is 0 Å². The zero-order chi connectivity index (χ0) is 13.2. The highest BCUT2D eigenvalue weighted by atomic mass is 16.6. The maximum atomic E-state index is 11.3. The minimum absolute atomic E-state index is 0.0139. The zero-order valence-electron chi connectivity index (χ0n) is 10.4. The number of allylic oxidation sites excluding steroid dienone is 1. The van der Waals surface area contributed by atoms with Crippen LogP contribution in [0, 0.1) is 0 Å². The fourth-order valence-corrected chi connectivity index (χ4v) is 1.27. The molecule has 0 spiro atoms. The first kappa shape index (κ1) is 13.9. The molecule has 0 aliphatic heterocycles. The van der Waals surface area contributed by atoms with E-state index in [-0.39, 0.29) is 12.5 Å². The van der Waals surface area contributed by atoms with Crippen molar-refractivity contribution in [1.82, 2.24) is 5.32 Å². The maximum absolute atomic E-state index is 11.3. The predicted octanol–water partition coefficient (Wildman–Crippen LogP) is 1.42. The largest absolute Gasteiger partial charge is 0.399 e. The summed E-state index contributed by atoms with van der Waals surface area (Å²) in [7, 11) is 2.93. The van der Waals surface area contributed by atoms with Crippen LogP contribution in [-0.2, 0) is 14.4 Å². The normalized spacial score (nSPS) is 11.6. The average molecular weight is 248 g/mol. The average Bonchev–Trinajstić information content (AvgIpc) is 2.40. The van der Waals surface area contributed by atoms with Gasteiger partial charge in [0.05, 0.1) is 6.21 Å². The highest BCUT2D eigenvalue weighted by molar-refractivity contribution is 6.09. The fraction of sp³-hybridized carbons (Fsp3) is 0.231. The molecule has 1 amide bonds. The molecule has 0 unspecified atom stereocenters. The van der Waals surface area contributed by atoms with Gasteiger partial charge in [0.2, 0.25) is 5.91 Å². The number of nitrogens with one attached hydrogen (secondary N) is 1. The molecule has 5 nitrogen and oxygen atoms in total. The van der Waals surface area contributed by atoms with Gasteiger partial charge < -0.3 is 14.9 Å². The third-order valence-corrected chi connectivity index (χ3v) is 2.07. The number of oxime groups is 1. The van der Waals surface area contributed by atoms with Gasteiger partial charge in [-0.05, 0) is 5.56 Å². The molecule has 0 radical (unpaired) electrons. The number of carbonyl (C=O) groups is 1. The molecular formula is C13H16N2O3. The first-order valence-corrected chi connectivity index (χ1v) is 5.38. The molecule has 0 atom stereocenters. The van der Waals surface area contributed by atoms with Crippen molar-refractivity contribution < 1.29 is 14.4 Å². The van der Waals surface area contributed by atoms with E-state index in [0.717, 1.165) is 11.1 Å². The Balaban J connectivity index is 2.82. The van der Waals surface area contributed by atoms with Crippen molar-refractivity contribution in [1.29, 1.82) is 0 Å². The molecule has 96 valence electrons. The molecule has 0 aliphatic carbocycles. The number of carbonyl (C=O) groups excluding carboxylic acids is 1. The minimum atomic E-state index is -0.225. The molecule has 18 heavy (non-hydrogen) atoms. The van der Waals surface area contributed by atoms with Crippen molar-refractivity contribution in [3.63, 3.8) is 0 Å². The van der Waals surface area contributed by atoms with Crippen molar-refractivity contribution in [3.05, 3.63) is 42.1 Å². The second-order valence-corrected chi connectivity index (χ2v) is 3.38. The standard InChI is InChI=1S/C13H16N2O3/c1-17-10-13(16)14-8-12(9-15-18-2)11-6-4-3-5-7-11/h3-9H,10H2,1-2H3,(H,14,16)/b12-8-,15-9-. The van der Waals surface area contributed by atoms with E-state index in [4.69, 9.17) is 4.74 Å². The van der Waals surface area contributed by atoms with Crippen LogP contribution in [0.5, 0.6) is 0 Å². The van der Waals surface area contributed by atoms with Crippen molar-refractivity contribution in [3.8, 4) is 0 Å². The molecule has 1 aromatic carbocycles. The summed E-state index contributed by atoms with van der Waals surface area (Å²) < 4.78 is 4.72.